The van der Waals surface area contributed by atoms with Gasteiger partial charge in [-0.25, -0.2) is 9.50 Å². The number of carboxylic acid groups (broad SMARTS) is 1. The maximum atomic E-state index is 13.1. The molecule has 4 rings (SSSR count). The number of carbonyl (C=O) groups is 2. The molecule has 0 radical (unpaired) electrons. The first-order valence-electron chi connectivity index (χ1n) is 8.52. The van der Waals surface area contributed by atoms with Gasteiger partial charge in [-0.05, 0) is 30.7 Å². The van der Waals surface area contributed by atoms with Crippen LogP contribution in [-0.2, 0) is 4.79 Å². The highest BCUT2D eigenvalue weighted by Gasteiger charge is 2.41. The van der Waals surface area contributed by atoms with E-state index in [9.17, 15) is 14.7 Å². The van der Waals surface area contributed by atoms with Gasteiger partial charge in [0.15, 0.2) is 5.65 Å². The van der Waals surface area contributed by atoms with Crippen molar-refractivity contribution in [3.05, 3.63) is 64.6 Å². The lowest BCUT2D eigenvalue weighted by molar-refractivity contribution is -0.141. The van der Waals surface area contributed by atoms with E-state index in [1.165, 1.54) is 6.20 Å². The largest absolute Gasteiger partial charge is 0.481 e. The number of aryl methyl sites for hydroxylation is 1. The molecule has 0 spiro atoms. The number of halogens is 1. The van der Waals surface area contributed by atoms with Gasteiger partial charge in [0.25, 0.3) is 5.91 Å². The Morgan fingerprint density at radius 2 is 1.93 bits per heavy atom. The molecule has 1 amide bonds. The Hall–Kier alpha value is -2.93. The van der Waals surface area contributed by atoms with E-state index in [4.69, 9.17) is 11.6 Å². The predicted octanol–water partition coefficient (Wildman–Crippen LogP) is 2.63. The predicted molar refractivity (Wildman–Crippen MR) is 98.9 cm³/mol. The van der Waals surface area contributed by atoms with Gasteiger partial charge >= 0.3 is 5.97 Å². The molecule has 1 fully saturated rings. The van der Waals surface area contributed by atoms with Crippen LogP contribution in [0.3, 0.4) is 0 Å². The second-order valence-corrected chi connectivity index (χ2v) is 7.14. The SMILES string of the molecule is Cc1ccn2ncc(C(=O)N3C[C@@H](C(=O)O)[C@H](c4ccc(Cl)cc4)C3)c2n1. The van der Waals surface area contributed by atoms with Crippen LogP contribution in [-0.4, -0.2) is 49.6 Å². The maximum Gasteiger partial charge on any atom is 0.308 e. The Balaban J connectivity index is 1.65. The third-order valence-electron chi connectivity index (χ3n) is 4.96. The Bertz CT molecular complexity index is 1030. The van der Waals surface area contributed by atoms with E-state index in [1.807, 2.05) is 19.1 Å². The average Bonchev–Trinajstić information content (AvgIpc) is 3.26. The number of fused-ring (bicyclic) bond motifs is 1. The molecule has 0 bridgehead atoms. The Labute approximate surface area is 160 Å². The van der Waals surface area contributed by atoms with E-state index in [-0.39, 0.29) is 18.4 Å². The molecule has 2 atom stereocenters. The van der Waals surface area contributed by atoms with Crippen molar-refractivity contribution in [2.45, 2.75) is 12.8 Å². The van der Waals surface area contributed by atoms with E-state index in [0.29, 0.717) is 22.8 Å². The van der Waals surface area contributed by atoms with Crippen molar-refractivity contribution in [3.8, 4) is 0 Å². The van der Waals surface area contributed by atoms with Gasteiger partial charge < -0.3 is 10.0 Å². The number of likely N-dealkylation sites (tertiary alicyclic amines) is 1. The van der Waals surface area contributed by atoms with E-state index >= 15 is 0 Å². The normalized spacial score (nSPS) is 19.6. The minimum absolute atomic E-state index is 0.143. The summed E-state index contributed by atoms with van der Waals surface area (Å²) in [6, 6.07) is 8.91. The lowest BCUT2D eigenvalue weighted by Gasteiger charge is -2.16. The zero-order chi connectivity index (χ0) is 19.1. The summed E-state index contributed by atoms with van der Waals surface area (Å²) in [4.78, 5) is 30.8. The van der Waals surface area contributed by atoms with Crippen molar-refractivity contribution in [1.82, 2.24) is 19.5 Å². The number of benzene rings is 1. The molecule has 7 nitrogen and oxygen atoms in total. The summed E-state index contributed by atoms with van der Waals surface area (Å²) in [5.41, 5.74) is 2.48. The molecule has 8 heteroatoms. The van der Waals surface area contributed by atoms with E-state index in [2.05, 4.69) is 10.1 Å². The van der Waals surface area contributed by atoms with Gasteiger partial charge in [0.2, 0.25) is 0 Å². The molecule has 1 aromatic carbocycles. The molecular weight excluding hydrogens is 368 g/mol. The molecule has 1 aliphatic rings. The summed E-state index contributed by atoms with van der Waals surface area (Å²) < 4.78 is 1.54. The molecule has 0 unspecified atom stereocenters. The lowest BCUT2D eigenvalue weighted by Crippen LogP contribution is -2.30. The van der Waals surface area contributed by atoms with Gasteiger partial charge in [0, 0.05) is 35.9 Å². The van der Waals surface area contributed by atoms with Gasteiger partial charge in [-0.15, -0.1) is 0 Å². The molecule has 1 N–H and O–H groups in total. The standard InChI is InChI=1S/C19H17ClN4O3/c1-11-6-7-24-17(22-11)14(8-21-24)18(25)23-9-15(16(10-23)19(26)27)12-2-4-13(20)5-3-12/h2-8,15-16H,9-10H2,1H3,(H,26,27)/t15-,16+/m0/s1. The molecule has 138 valence electrons. The third kappa shape index (κ3) is 3.14. The van der Waals surface area contributed by atoms with Crippen molar-refractivity contribution in [2.75, 3.05) is 13.1 Å². The molecule has 0 saturated carbocycles. The van der Waals surface area contributed by atoms with Crippen LogP contribution >= 0.6 is 11.6 Å². The zero-order valence-corrected chi connectivity index (χ0v) is 15.3. The molecule has 0 aliphatic carbocycles. The van der Waals surface area contributed by atoms with Crippen molar-refractivity contribution in [2.24, 2.45) is 5.92 Å². The first-order valence-corrected chi connectivity index (χ1v) is 8.90. The summed E-state index contributed by atoms with van der Waals surface area (Å²) in [5, 5.41) is 14.4. The highest BCUT2D eigenvalue weighted by molar-refractivity contribution is 6.30. The number of carbonyl (C=O) groups excluding carboxylic acids is 1. The van der Waals surface area contributed by atoms with Crippen molar-refractivity contribution < 1.29 is 14.7 Å². The molecule has 1 aliphatic heterocycles. The Morgan fingerprint density at radius 1 is 1.19 bits per heavy atom. The van der Waals surface area contributed by atoms with Gasteiger partial charge in [0.05, 0.1) is 12.1 Å². The van der Waals surface area contributed by atoms with Crippen molar-refractivity contribution in [1.29, 1.82) is 0 Å². The van der Waals surface area contributed by atoms with Crippen LogP contribution in [0.15, 0.2) is 42.7 Å². The Kier molecular flexibility index (Phi) is 4.31. The van der Waals surface area contributed by atoms with Gasteiger partial charge in [0.1, 0.15) is 5.56 Å². The van der Waals surface area contributed by atoms with Crippen LogP contribution < -0.4 is 0 Å². The number of nitrogens with zero attached hydrogens (tertiary/aromatic N) is 4. The molecule has 3 heterocycles. The topological polar surface area (TPSA) is 87.8 Å². The van der Waals surface area contributed by atoms with Gasteiger partial charge in [-0.1, -0.05) is 23.7 Å². The molecule has 3 aromatic rings. The third-order valence-corrected chi connectivity index (χ3v) is 5.21. The van der Waals surface area contributed by atoms with Crippen LogP contribution in [0.1, 0.15) is 27.5 Å². The fraction of sp³-hybridized carbons (Fsp3) is 0.263. The van der Waals surface area contributed by atoms with Crippen LogP contribution in [0.25, 0.3) is 5.65 Å². The lowest BCUT2D eigenvalue weighted by atomic mass is 9.89. The summed E-state index contributed by atoms with van der Waals surface area (Å²) in [5.74, 6) is -2.14. The number of aromatic nitrogens is 3. The van der Waals surface area contributed by atoms with Crippen LogP contribution in [0, 0.1) is 12.8 Å². The zero-order valence-electron chi connectivity index (χ0n) is 14.5. The highest BCUT2D eigenvalue weighted by atomic mass is 35.5. The molecule has 1 saturated heterocycles. The number of aliphatic carboxylic acids is 1. The average molecular weight is 385 g/mol. The van der Waals surface area contributed by atoms with Crippen molar-refractivity contribution in [3.63, 3.8) is 0 Å². The van der Waals surface area contributed by atoms with Crippen LogP contribution in [0.4, 0.5) is 0 Å². The second kappa shape index (κ2) is 6.66. The minimum atomic E-state index is -0.918. The quantitative estimate of drug-likeness (QED) is 0.750. The fourth-order valence-corrected chi connectivity index (χ4v) is 3.67. The number of hydrogen-bond donors (Lipinski definition) is 1. The minimum Gasteiger partial charge on any atom is -0.481 e. The summed E-state index contributed by atoms with van der Waals surface area (Å²) in [7, 11) is 0. The Morgan fingerprint density at radius 3 is 2.63 bits per heavy atom. The highest BCUT2D eigenvalue weighted by Crippen LogP contribution is 2.34. The van der Waals surface area contributed by atoms with Crippen molar-refractivity contribution >= 4 is 29.1 Å². The number of amides is 1. The van der Waals surface area contributed by atoms with E-state index < -0.39 is 11.9 Å². The first kappa shape index (κ1) is 17.5. The monoisotopic (exact) mass is 384 g/mol. The number of hydrogen-bond acceptors (Lipinski definition) is 4. The van der Waals surface area contributed by atoms with Gasteiger partial charge in [-0.3, -0.25) is 9.59 Å². The fourth-order valence-electron chi connectivity index (χ4n) is 3.55. The first-order chi connectivity index (χ1) is 12.9. The summed E-state index contributed by atoms with van der Waals surface area (Å²) in [6.45, 7) is 2.30. The van der Waals surface area contributed by atoms with Crippen LogP contribution in [0.2, 0.25) is 5.02 Å². The summed E-state index contributed by atoms with van der Waals surface area (Å²) >= 11 is 5.94. The number of carboxylic acids is 1. The smallest absolute Gasteiger partial charge is 0.308 e. The van der Waals surface area contributed by atoms with E-state index in [1.54, 1.807) is 33.8 Å². The maximum absolute atomic E-state index is 13.1. The summed E-state index contributed by atoms with van der Waals surface area (Å²) in [6.07, 6.45) is 3.23. The van der Waals surface area contributed by atoms with Gasteiger partial charge in [-0.2, -0.15) is 5.10 Å². The molecular formula is C19H17ClN4O3. The van der Waals surface area contributed by atoms with E-state index in [0.717, 1.165) is 11.3 Å². The van der Waals surface area contributed by atoms with Crippen LogP contribution in [0.5, 0.6) is 0 Å². The second-order valence-electron chi connectivity index (χ2n) is 6.71. The molecule has 2 aromatic heterocycles. The number of rotatable bonds is 3. The molecule has 27 heavy (non-hydrogen) atoms.